The summed E-state index contributed by atoms with van der Waals surface area (Å²) in [5.74, 6) is 1.40. The van der Waals surface area contributed by atoms with Gasteiger partial charge in [-0.15, -0.1) is 0 Å². The van der Waals surface area contributed by atoms with Crippen molar-refractivity contribution in [3.05, 3.63) is 59.7 Å². The molecule has 0 aromatic heterocycles. The fourth-order valence-electron chi connectivity index (χ4n) is 2.15. The molecule has 0 aliphatic carbocycles. The van der Waals surface area contributed by atoms with E-state index in [2.05, 4.69) is 5.32 Å². The highest BCUT2D eigenvalue weighted by molar-refractivity contribution is 5.94. The van der Waals surface area contributed by atoms with Crippen LogP contribution in [0, 0.1) is 0 Å². The van der Waals surface area contributed by atoms with Gasteiger partial charge in [-0.3, -0.25) is 4.79 Å². The zero-order valence-electron chi connectivity index (χ0n) is 13.0. The molecule has 0 aliphatic heterocycles. The van der Waals surface area contributed by atoms with Gasteiger partial charge >= 0.3 is 0 Å². The Morgan fingerprint density at radius 1 is 1.09 bits per heavy atom. The van der Waals surface area contributed by atoms with Crippen LogP contribution in [0.2, 0.25) is 0 Å². The lowest BCUT2D eigenvalue weighted by Gasteiger charge is -2.11. The minimum Gasteiger partial charge on any atom is -0.493 e. The Kier molecular flexibility index (Phi) is 5.83. The van der Waals surface area contributed by atoms with Crippen LogP contribution >= 0.6 is 0 Å². The summed E-state index contributed by atoms with van der Waals surface area (Å²) in [7, 11) is 1.62. The molecule has 0 spiro atoms. The Morgan fingerprint density at radius 2 is 1.86 bits per heavy atom. The monoisotopic (exact) mass is 299 g/mol. The molecule has 0 bridgehead atoms. The van der Waals surface area contributed by atoms with Crippen LogP contribution in [0.4, 0.5) is 0 Å². The van der Waals surface area contributed by atoms with E-state index in [4.69, 9.17) is 9.47 Å². The van der Waals surface area contributed by atoms with Gasteiger partial charge in [0, 0.05) is 12.1 Å². The van der Waals surface area contributed by atoms with Crippen LogP contribution in [-0.4, -0.2) is 26.2 Å². The van der Waals surface area contributed by atoms with Crippen LogP contribution in [-0.2, 0) is 6.42 Å². The number of amides is 1. The standard InChI is InChI=1S/C18H21NO3/c1-3-22-16-10-9-14(13-17(16)21-2)11-12-19-18(20)15-7-5-4-6-8-15/h4-10,13H,3,11-12H2,1-2H3,(H,19,20). The van der Waals surface area contributed by atoms with Crippen molar-refractivity contribution in [2.75, 3.05) is 20.3 Å². The van der Waals surface area contributed by atoms with Gasteiger partial charge in [-0.25, -0.2) is 0 Å². The molecule has 0 aliphatic rings. The maximum atomic E-state index is 11.9. The summed E-state index contributed by atoms with van der Waals surface area (Å²) < 4.78 is 10.8. The van der Waals surface area contributed by atoms with Gasteiger partial charge in [-0.1, -0.05) is 24.3 Å². The van der Waals surface area contributed by atoms with Gasteiger partial charge in [0.15, 0.2) is 11.5 Å². The number of ether oxygens (including phenoxy) is 2. The van der Waals surface area contributed by atoms with Crippen LogP contribution < -0.4 is 14.8 Å². The van der Waals surface area contributed by atoms with Crippen LogP contribution in [0.3, 0.4) is 0 Å². The van der Waals surface area contributed by atoms with Crippen molar-refractivity contribution < 1.29 is 14.3 Å². The molecule has 0 unspecified atom stereocenters. The molecule has 2 aromatic rings. The van der Waals surface area contributed by atoms with Crippen molar-refractivity contribution in [1.82, 2.24) is 5.32 Å². The summed E-state index contributed by atoms with van der Waals surface area (Å²) >= 11 is 0. The van der Waals surface area contributed by atoms with E-state index in [-0.39, 0.29) is 5.91 Å². The molecule has 1 N–H and O–H groups in total. The average Bonchev–Trinajstić information content (AvgIpc) is 2.57. The Labute approximate surface area is 131 Å². The lowest BCUT2D eigenvalue weighted by atomic mass is 10.1. The first kappa shape index (κ1) is 15.9. The molecule has 1 amide bonds. The van der Waals surface area contributed by atoms with E-state index in [0.29, 0.717) is 24.5 Å². The molecule has 116 valence electrons. The van der Waals surface area contributed by atoms with E-state index in [1.54, 1.807) is 19.2 Å². The molecule has 4 nitrogen and oxygen atoms in total. The summed E-state index contributed by atoms with van der Waals surface area (Å²) in [4.78, 5) is 11.9. The van der Waals surface area contributed by atoms with E-state index in [9.17, 15) is 4.79 Å². The molecule has 2 rings (SSSR count). The third-order valence-corrected chi connectivity index (χ3v) is 3.26. The van der Waals surface area contributed by atoms with Crippen molar-refractivity contribution in [2.45, 2.75) is 13.3 Å². The number of carbonyl (C=O) groups excluding carboxylic acids is 1. The molecule has 0 fully saturated rings. The van der Waals surface area contributed by atoms with Crippen LogP contribution in [0.25, 0.3) is 0 Å². The second-order valence-electron chi connectivity index (χ2n) is 4.79. The smallest absolute Gasteiger partial charge is 0.251 e. The van der Waals surface area contributed by atoms with Crippen molar-refractivity contribution in [2.24, 2.45) is 0 Å². The van der Waals surface area contributed by atoms with Crippen molar-refractivity contribution in [1.29, 1.82) is 0 Å². The molecular weight excluding hydrogens is 278 g/mol. The SMILES string of the molecule is CCOc1ccc(CCNC(=O)c2ccccc2)cc1OC. The van der Waals surface area contributed by atoms with E-state index in [1.807, 2.05) is 43.3 Å². The third-order valence-electron chi connectivity index (χ3n) is 3.26. The highest BCUT2D eigenvalue weighted by atomic mass is 16.5. The Morgan fingerprint density at radius 3 is 2.55 bits per heavy atom. The lowest BCUT2D eigenvalue weighted by Crippen LogP contribution is -2.25. The Bertz CT molecular complexity index is 611. The van der Waals surface area contributed by atoms with Crippen LogP contribution in [0.1, 0.15) is 22.8 Å². The zero-order valence-corrected chi connectivity index (χ0v) is 13.0. The minimum absolute atomic E-state index is 0.0569. The highest BCUT2D eigenvalue weighted by Gasteiger charge is 2.07. The molecule has 0 saturated heterocycles. The number of carbonyl (C=O) groups is 1. The van der Waals surface area contributed by atoms with Gasteiger partial charge < -0.3 is 14.8 Å². The van der Waals surface area contributed by atoms with Crippen molar-refractivity contribution in [3.8, 4) is 11.5 Å². The molecule has 0 heterocycles. The second kappa shape index (κ2) is 8.08. The van der Waals surface area contributed by atoms with Gasteiger partial charge in [0.05, 0.1) is 13.7 Å². The predicted molar refractivity (Wildman–Crippen MR) is 86.6 cm³/mol. The van der Waals surface area contributed by atoms with Gasteiger partial charge in [0.1, 0.15) is 0 Å². The minimum atomic E-state index is -0.0569. The Balaban J connectivity index is 1.90. The molecule has 4 heteroatoms. The van der Waals surface area contributed by atoms with Gasteiger partial charge in [0.25, 0.3) is 5.91 Å². The summed E-state index contributed by atoms with van der Waals surface area (Å²) in [6.07, 6.45) is 0.737. The first-order valence-corrected chi connectivity index (χ1v) is 7.37. The number of nitrogens with one attached hydrogen (secondary N) is 1. The third kappa shape index (κ3) is 4.25. The number of hydrogen-bond donors (Lipinski definition) is 1. The predicted octanol–water partition coefficient (Wildman–Crippen LogP) is 3.07. The van der Waals surface area contributed by atoms with Crippen molar-refractivity contribution in [3.63, 3.8) is 0 Å². The van der Waals surface area contributed by atoms with Crippen LogP contribution in [0.15, 0.2) is 48.5 Å². The molecule has 22 heavy (non-hydrogen) atoms. The molecular formula is C18H21NO3. The quantitative estimate of drug-likeness (QED) is 0.854. The van der Waals surface area contributed by atoms with Gasteiger partial charge in [-0.2, -0.15) is 0 Å². The molecule has 2 aromatic carbocycles. The van der Waals surface area contributed by atoms with Gasteiger partial charge in [0.2, 0.25) is 0 Å². The number of methoxy groups -OCH3 is 1. The fraction of sp³-hybridized carbons (Fsp3) is 0.278. The normalized spacial score (nSPS) is 10.1. The topological polar surface area (TPSA) is 47.6 Å². The number of benzene rings is 2. The van der Waals surface area contributed by atoms with Crippen LogP contribution in [0.5, 0.6) is 11.5 Å². The zero-order chi connectivity index (χ0) is 15.8. The van der Waals surface area contributed by atoms with E-state index in [0.717, 1.165) is 17.7 Å². The number of hydrogen-bond acceptors (Lipinski definition) is 3. The average molecular weight is 299 g/mol. The summed E-state index contributed by atoms with van der Waals surface area (Å²) in [6, 6.07) is 15.0. The van der Waals surface area contributed by atoms with E-state index >= 15 is 0 Å². The van der Waals surface area contributed by atoms with E-state index in [1.165, 1.54) is 0 Å². The van der Waals surface area contributed by atoms with Crippen molar-refractivity contribution >= 4 is 5.91 Å². The second-order valence-corrected chi connectivity index (χ2v) is 4.79. The Hall–Kier alpha value is -2.49. The maximum absolute atomic E-state index is 11.9. The largest absolute Gasteiger partial charge is 0.493 e. The molecule has 0 radical (unpaired) electrons. The summed E-state index contributed by atoms with van der Waals surface area (Å²) in [5, 5.41) is 2.91. The summed E-state index contributed by atoms with van der Waals surface area (Å²) in [5.41, 5.74) is 1.76. The maximum Gasteiger partial charge on any atom is 0.251 e. The first-order chi connectivity index (χ1) is 10.7. The summed E-state index contributed by atoms with van der Waals surface area (Å²) in [6.45, 7) is 3.11. The highest BCUT2D eigenvalue weighted by Crippen LogP contribution is 2.28. The first-order valence-electron chi connectivity index (χ1n) is 7.37. The van der Waals surface area contributed by atoms with E-state index < -0.39 is 0 Å². The fourth-order valence-corrected chi connectivity index (χ4v) is 2.15. The number of rotatable bonds is 7. The molecule has 0 atom stereocenters. The lowest BCUT2D eigenvalue weighted by molar-refractivity contribution is 0.0954. The molecule has 0 saturated carbocycles. The van der Waals surface area contributed by atoms with Gasteiger partial charge in [-0.05, 0) is 43.2 Å².